The summed E-state index contributed by atoms with van der Waals surface area (Å²) in [4.78, 5) is 11.7. The van der Waals surface area contributed by atoms with E-state index in [1.54, 1.807) is 12.1 Å². The van der Waals surface area contributed by atoms with Crippen LogP contribution in [-0.4, -0.2) is 13.1 Å². The second-order valence-corrected chi connectivity index (χ2v) is 4.36. The zero-order valence-electron chi connectivity index (χ0n) is 9.50. The molecule has 16 heavy (non-hydrogen) atoms. The van der Waals surface area contributed by atoms with Crippen LogP contribution in [0.4, 0.5) is 4.39 Å². The minimum absolute atomic E-state index is 0.253. The van der Waals surface area contributed by atoms with Crippen molar-refractivity contribution in [2.45, 2.75) is 25.7 Å². The summed E-state index contributed by atoms with van der Waals surface area (Å²) in [5, 5.41) is 0. The number of hydrogen-bond donors (Lipinski definition) is 0. The summed E-state index contributed by atoms with van der Waals surface area (Å²) in [5.74, 6) is -0.812. The molecule has 0 bridgehead atoms. The Morgan fingerprint density at radius 2 is 2.19 bits per heavy atom. The van der Waals surface area contributed by atoms with Gasteiger partial charge in [0.15, 0.2) is 0 Å². The zero-order chi connectivity index (χ0) is 11.7. The van der Waals surface area contributed by atoms with Crippen LogP contribution in [0.2, 0.25) is 0 Å². The third kappa shape index (κ3) is 2.08. The van der Waals surface area contributed by atoms with Gasteiger partial charge in [-0.25, -0.2) is 4.39 Å². The van der Waals surface area contributed by atoms with E-state index in [9.17, 15) is 9.18 Å². The lowest BCUT2D eigenvalue weighted by molar-refractivity contribution is -0.143. The van der Waals surface area contributed by atoms with E-state index in [4.69, 9.17) is 4.74 Å². The minimum Gasteiger partial charge on any atom is -0.469 e. The predicted octanol–water partition coefficient (Wildman–Crippen LogP) is 2.80. The van der Waals surface area contributed by atoms with Crippen molar-refractivity contribution in [2.75, 3.05) is 7.11 Å². The van der Waals surface area contributed by atoms with E-state index in [0.717, 1.165) is 18.4 Å². The lowest BCUT2D eigenvalue weighted by Crippen LogP contribution is -2.17. The molecule has 2 rings (SSSR count). The summed E-state index contributed by atoms with van der Waals surface area (Å²) in [6.07, 6.45) is 1.96. The summed E-state index contributed by atoms with van der Waals surface area (Å²) in [6, 6.07) is 4.87. The molecule has 0 spiro atoms. The van der Waals surface area contributed by atoms with E-state index in [-0.39, 0.29) is 17.7 Å². The second kappa shape index (κ2) is 4.24. The standard InChI is InChI=1S/C13H15FO2/c1-8-3-6-11(14)10(7-8)12(9-4-5-9)13(15)16-2/h3,6-7,9,12H,4-5H2,1-2H3. The molecular weight excluding hydrogens is 207 g/mol. The smallest absolute Gasteiger partial charge is 0.313 e. The molecule has 0 amide bonds. The van der Waals surface area contributed by atoms with E-state index < -0.39 is 5.92 Å². The van der Waals surface area contributed by atoms with Gasteiger partial charge < -0.3 is 4.74 Å². The maximum atomic E-state index is 13.7. The van der Waals surface area contributed by atoms with Gasteiger partial charge >= 0.3 is 5.97 Å². The first-order chi connectivity index (χ1) is 7.63. The molecule has 1 aromatic carbocycles. The summed E-state index contributed by atoms with van der Waals surface area (Å²) in [5.41, 5.74) is 1.44. The molecule has 1 saturated carbocycles. The van der Waals surface area contributed by atoms with Crippen LogP contribution in [0.25, 0.3) is 0 Å². The van der Waals surface area contributed by atoms with E-state index in [1.807, 2.05) is 6.92 Å². The predicted molar refractivity (Wildman–Crippen MR) is 58.6 cm³/mol. The molecule has 2 nitrogen and oxygen atoms in total. The van der Waals surface area contributed by atoms with E-state index in [2.05, 4.69) is 0 Å². The lowest BCUT2D eigenvalue weighted by Gasteiger charge is -2.15. The van der Waals surface area contributed by atoms with Crippen molar-refractivity contribution >= 4 is 5.97 Å². The number of aryl methyl sites for hydroxylation is 1. The van der Waals surface area contributed by atoms with Gasteiger partial charge in [0, 0.05) is 5.56 Å². The van der Waals surface area contributed by atoms with Crippen LogP contribution in [0.15, 0.2) is 18.2 Å². The van der Waals surface area contributed by atoms with E-state index in [1.165, 1.54) is 13.2 Å². The maximum absolute atomic E-state index is 13.7. The van der Waals surface area contributed by atoms with Crippen LogP contribution in [0.1, 0.15) is 29.9 Å². The number of halogens is 1. The normalized spacial score (nSPS) is 16.9. The Labute approximate surface area is 94.4 Å². The van der Waals surface area contributed by atoms with Gasteiger partial charge in [-0.3, -0.25) is 4.79 Å². The van der Waals surface area contributed by atoms with Gasteiger partial charge in [0.25, 0.3) is 0 Å². The van der Waals surface area contributed by atoms with Crippen LogP contribution in [0.5, 0.6) is 0 Å². The van der Waals surface area contributed by atoms with Crippen molar-refractivity contribution in [1.29, 1.82) is 0 Å². The van der Waals surface area contributed by atoms with Crippen LogP contribution >= 0.6 is 0 Å². The number of hydrogen-bond acceptors (Lipinski definition) is 2. The average molecular weight is 222 g/mol. The molecule has 0 N–H and O–H groups in total. The van der Waals surface area contributed by atoms with Gasteiger partial charge in [-0.2, -0.15) is 0 Å². The summed E-state index contributed by atoms with van der Waals surface area (Å²) >= 11 is 0. The van der Waals surface area contributed by atoms with Gasteiger partial charge in [0.2, 0.25) is 0 Å². The Morgan fingerprint density at radius 1 is 1.50 bits per heavy atom. The van der Waals surface area contributed by atoms with Crippen molar-refractivity contribution < 1.29 is 13.9 Å². The van der Waals surface area contributed by atoms with Crippen molar-refractivity contribution in [3.05, 3.63) is 35.1 Å². The third-order valence-electron chi connectivity index (χ3n) is 3.04. The number of rotatable bonds is 3. The summed E-state index contributed by atoms with van der Waals surface area (Å²) in [7, 11) is 1.35. The van der Waals surface area contributed by atoms with Gasteiger partial charge in [-0.15, -0.1) is 0 Å². The zero-order valence-corrected chi connectivity index (χ0v) is 9.50. The van der Waals surface area contributed by atoms with Crippen molar-refractivity contribution in [2.24, 2.45) is 5.92 Å². The number of ether oxygens (including phenoxy) is 1. The second-order valence-electron chi connectivity index (χ2n) is 4.36. The monoisotopic (exact) mass is 222 g/mol. The Hall–Kier alpha value is -1.38. The molecule has 0 aliphatic heterocycles. The van der Waals surface area contributed by atoms with Crippen LogP contribution < -0.4 is 0 Å². The molecule has 0 radical (unpaired) electrons. The first-order valence-corrected chi connectivity index (χ1v) is 5.47. The highest BCUT2D eigenvalue weighted by atomic mass is 19.1. The highest BCUT2D eigenvalue weighted by Crippen LogP contribution is 2.44. The molecule has 3 heteroatoms. The fourth-order valence-electron chi connectivity index (χ4n) is 2.03. The Balaban J connectivity index is 2.37. The fraction of sp³-hybridized carbons (Fsp3) is 0.462. The molecular formula is C13H15FO2. The van der Waals surface area contributed by atoms with Crippen molar-refractivity contribution in [3.63, 3.8) is 0 Å². The van der Waals surface area contributed by atoms with Gasteiger partial charge in [-0.05, 0) is 31.7 Å². The molecule has 1 fully saturated rings. The first-order valence-electron chi connectivity index (χ1n) is 5.47. The Morgan fingerprint density at radius 3 is 2.75 bits per heavy atom. The van der Waals surface area contributed by atoms with Crippen LogP contribution in [-0.2, 0) is 9.53 Å². The maximum Gasteiger partial charge on any atom is 0.313 e. The number of benzene rings is 1. The fourth-order valence-corrected chi connectivity index (χ4v) is 2.03. The molecule has 1 aromatic rings. The molecule has 1 aliphatic rings. The minimum atomic E-state index is -0.426. The molecule has 1 unspecified atom stereocenters. The Kier molecular flexibility index (Phi) is 2.95. The lowest BCUT2D eigenvalue weighted by atomic mass is 9.92. The topological polar surface area (TPSA) is 26.3 Å². The number of esters is 1. The quantitative estimate of drug-likeness (QED) is 0.735. The van der Waals surface area contributed by atoms with Crippen LogP contribution in [0.3, 0.4) is 0 Å². The molecule has 1 atom stereocenters. The molecule has 0 aromatic heterocycles. The van der Waals surface area contributed by atoms with Gasteiger partial charge in [0.1, 0.15) is 5.82 Å². The number of carbonyl (C=O) groups is 1. The number of carbonyl (C=O) groups excluding carboxylic acids is 1. The molecule has 86 valence electrons. The highest BCUT2D eigenvalue weighted by Gasteiger charge is 2.39. The SMILES string of the molecule is COC(=O)C(c1cc(C)ccc1F)C1CC1. The van der Waals surface area contributed by atoms with E-state index >= 15 is 0 Å². The van der Waals surface area contributed by atoms with Crippen molar-refractivity contribution in [1.82, 2.24) is 0 Å². The van der Waals surface area contributed by atoms with Crippen LogP contribution in [0, 0.1) is 18.7 Å². The summed E-state index contributed by atoms with van der Waals surface area (Å²) < 4.78 is 18.5. The number of methoxy groups -OCH3 is 1. The highest BCUT2D eigenvalue weighted by molar-refractivity contribution is 5.79. The van der Waals surface area contributed by atoms with Crippen molar-refractivity contribution in [3.8, 4) is 0 Å². The molecule has 0 saturated heterocycles. The van der Waals surface area contributed by atoms with Gasteiger partial charge in [0.05, 0.1) is 13.0 Å². The average Bonchev–Trinajstić information content (AvgIpc) is 3.07. The molecule has 0 heterocycles. The van der Waals surface area contributed by atoms with Gasteiger partial charge in [-0.1, -0.05) is 17.7 Å². The first kappa shape index (κ1) is 11.1. The largest absolute Gasteiger partial charge is 0.469 e. The molecule has 1 aliphatic carbocycles. The third-order valence-corrected chi connectivity index (χ3v) is 3.04. The Bertz CT molecular complexity index is 410. The summed E-state index contributed by atoms with van der Waals surface area (Å²) in [6.45, 7) is 1.89. The van der Waals surface area contributed by atoms with E-state index in [0.29, 0.717) is 5.56 Å².